The van der Waals surface area contributed by atoms with E-state index in [2.05, 4.69) is 118 Å². The zero-order valence-corrected chi connectivity index (χ0v) is 18.8. The Labute approximate surface area is 202 Å². The molecule has 4 heteroatoms. The minimum atomic E-state index is -0.00439. The van der Waals surface area contributed by atoms with Crippen LogP contribution < -0.4 is 10.3 Å². The number of rotatable bonds is 0. The van der Waals surface area contributed by atoms with E-state index in [0.717, 1.165) is 11.3 Å². The number of hydrogen-bond acceptors (Lipinski definition) is 2. The Morgan fingerprint density at radius 3 is 2.09 bits per heavy atom. The van der Waals surface area contributed by atoms with Gasteiger partial charge in [-0.25, -0.2) is 4.98 Å². The Morgan fingerprint density at radius 1 is 0.543 bits per heavy atom. The van der Waals surface area contributed by atoms with Gasteiger partial charge in [-0.05, 0) is 62.7 Å². The van der Waals surface area contributed by atoms with Gasteiger partial charge >= 0.3 is 6.98 Å². The number of aromatic nitrogens is 2. The first kappa shape index (κ1) is 17.9. The largest absolute Gasteiger partial charge is 0.422 e. The number of imidazole rings is 1. The molecule has 7 aromatic rings. The molecule has 0 atom stereocenters. The quantitative estimate of drug-likeness (QED) is 0.188. The van der Waals surface area contributed by atoms with E-state index in [4.69, 9.17) is 4.98 Å². The summed E-state index contributed by atoms with van der Waals surface area (Å²) >= 11 is 0. The molecule has 0 saturated heterocycles. The summed E-state index contributed by atoms with van der Waals surface area (Å²) in [5.41, 5.74) is 7.18. The molecule has 2 aliphatic rings. The molecule has 1 aromatic heterocycles. The second-order valence-electron chi connectivity index (χ2n) is 9.57. The smallest absolute Gasteiger partial charge is 0.360 e. The van der Waals surface area contributed by atoms with Gasteiger partial charge in [0.1, 0.15) is 5.82 Å². The van der Waals surface area contributed by atoms with E-state index >= 15 is 0 Å². The van der Waals surface area contributed by atoms with Gasteiger partial charge in [-0.2, -0.15) is 0 Å². The fourth-order valence-corrected chi connectivity index (χ4v) is 6.61. The molecule has 3 nitrogen and oxygen atoms in total. The molecule has 2 aliphatic heterocycles. The lowest BCUT2D eigenvalue weighted by atomic mass is 9.58. The highest BCUT2D eigenvalue weighted by atomic mass is 15.2. The van der Waals surface area contributed by atoms with Crippen LogP contribution >= 0.6 is 0 Å². The Balaban J connectivity index is 1.56. The molecule has 9 rings (SSSR count). The first-order valence-corrected chi connectivity index (χ1v) is 12.1. The summed E-state index contributed by atoms with van der Waals surface area (Å²) in [7, 11) is 0. The zero-order chi connectivity index (χ0) is 22.7. The fraction of sp³-hybridized carbons (Fsp3) is 0. The third-order valence-corrected chi connectivity index (χ3v) is 7.92. The highest BCUT2D eigenvalue weighted by Gasteiger charge is 2.43. The summed E-state index contributed by atoms with van der Waals surface area (Å²) in [5, 5.41) is 7.97. The summed E-state index contributed by atoms with van der Waals surface area (Å²) in [6, 6.07) is 39.7. The van der Waals surface area contributed by atoms with E-state index in [9.17, 15) is 0 Å². The highest BCUT2D eigenvalue weighted by molar-refractivity contribution is 6.82. The van der Waals surface area contributed by atoms with Crippen LogP contribution in [0.4, 0.5) is 11.4 Å². The lowest BCUT2D eigenvalue weighted by Gasteiger charge is -2.42. The number of benzene rings is 6. The van der Waals surface area contributed by atoms with Crippen molar-refractivity contribution in [1.29, 1.82) is 0 Å². The molecule has 0 bridgehead atoms. The van der Waals surface area contributed by atoms with Crippen molar-refractivity contribution in [3.05, 3.63) is 109 Å². The molecule has 3 heterocycles. The molecular formula is C31H18BN3. The van der Waals surface area contributed by atoms with Crippen LogP contribution in [-0.2, 0) is 0 Å². The van der Waals surface area contributed by atoms with Crippen LogP contribution in [0.5, 0.6) is 0 Å². The summed E-state index contributed by atoms with van der Waals surface area (Å²) in [6.45, 7) is -0.00439. The van der Waals surface area contributed by atoms with Crippen LogP contribution in [0.1, 0.15) is 0 Å². The molecule has 0 unspecified atom stereocenters. The Hall–Kier alpha value is -4.57. The van der Waals surface area contributed by atoms with Crippen molar-refractivity contribution >= 4 is 67.2 Å². The van der Waals surface area contributed by atoms with Crippen molar-refractivity contribution in [3.8, 4) is 11.4 Å². The summed E-state index contributed by atoms with van der Waals surface area (Å²) in [5.74, 6) is 1.04. The van der Waals surface area contributed by atoms with Crippen LogP contribution in [0.15, 0.2) is 109 Å². The average molecular weight is 443 g/mol. The number of fused-ring (bicyclic) bond motifs is 13. The Bertz CT molecular complexity index is 2040. The predicted molar refractivity (Wildman–Crippen MR) is 147 cm³/mol. The molecular weight excluding hydrogens is 425 g/mol. The van der Waals surface area contributed by atoms with E-state index in [-0.39, 0.29) is 6.98 Å². The molecule has 6 aromatic carbocycles. The molecule has 35 heavy (non-hydrogen) atoms. The fourth-order valence-electron chi connectivity index (χ4n) is 6.61. The molecule has 0 amide bonds. The second-order valence-corrected chi connectivity index (χ2v) is 9.57. The van der Waals surface area contributed by atoms with Gasteiger partial charge in [-0.1, -0.05) is 78.9 Å². The topological polar surface area (TPSA) is 21.1 Å². The van der Waals surface area contributed by atoms with Crippen molar-refractivity contribution in [2.75, 3.05) is 4.81 Å². The number of hydrogen-bond donors (Lipinski definition) is 0. The molecule has 0 spiro atoms. The van der Waals surface area contributed by atoms with Crippen LogP contribution in [0, 0.1) is 0 Å². The van der Waals surface area contributed by atoms with Gasteiger partial charge in [0, 0.05) is 22.3 Å². The number of para-hydroxylation sites is 3. The monoisotopic (exact) mass is 443 g/mol. The number of nitrogens with zero attached hydrogens (tertiary/aromatic N) is 3. The van der Waals surface area contributed by atoms with Crippen LogP contribution in [0.25, 0.3) is 54.7 Å². The normalized spacial score (nSPS) is 13.6. The van der Waals surface area contributed by atoms with Gasteiger partial charge in [-0.15, -0.1) is 0 Å². The van der Waals surface area contributed by atoms with E-state index in [1.165, 1.54) is 60.2 Å². The van der Waals surface area contributed by atoms with Crippen molar-refractivity contribution in [2.24, 2.45) is 0 Å². The van der Waals surface area contributed by atoms with Crippen LogP contribution in [0.3, 0.4) is 0 Å². The van der Waals surface area contributed by atoms with Gasteiger partial charge in [0.2, 0.25) is 0 Å². The average Bonchev–Trinajstić information content (AvgIpc) is 3.32. The van der Waals surface area contributed by atoms with Gasteiger partial charge in [0.15, 0.2) is 0 Å². The summed E-state index contributed by atoms with van der Waals surface area (Å²) in [4.78, 5) is 7.68. The number of anilines is 2. The van der Waals surface area contributed by atoms with Crippen molar-refractivity contribution in [3.63, 3.8) is 0 Å². The van der Waals surface area contributed by atoms with Crippen LogP contribution in [0.2, 0.25) is 0 Å². The van der Waals surface area contributed by atoms with Crippen LogP contribution in [-0.4, -0.2) is 16.4 Å². The van der Waals surface area contributed by atoms with Gasteiger partial charge < -0.3 is 9.29 Å². The molecule has 0 N–H and O–H groups in total. The third kappa shape index (κ3) is 2.03. The maximum Gasteiger partial charge on any atom is 0.422 e. The van der Waals surface area contributed by atoms with Crippen molar-refractivity contribution < 1.29 is 0 Å². The standard InChI is InChI=1S/C31H18BN3/c1-2-10-20-19(9-1)21-12-7-14-24-29(21)30-22(20)13-8-18-28(30)34-26-16-5-3-11-23(26)31-33-25-15-4-6-17-27(25)35(31)32(24)34/h1-18H. The highest BCUT2D eigenvalue weighted by Crippen LogP contribution is 2.49. The molecule has 0 saturated carbocycles. The maximum absolute atomic E-state index is 5.14. The van der Waals surface area contributed by atoms with Crippen molar-refractivity contribution in [1.82, 2.24) is 9.46 Å². The minimum absolute atomic E-state index is 0.00439. The molecule has 0 aliphatic carbocycles. The van der Waals surface area contributed by atoms with E-state index < -0.39 is 0 Å². The van der Waals surface area contributed by atoms with Gasteiger partial charge in [-0.3, -0.25) is 0 Å². The molecule has 0 fully saturated rings. The summed E-state index contributed by atoms with van der Waals surface area (Å²) < 4.78 is 2.45. The first-order valence-electron chi connectivity index (χ1n) is 12.1. The molecule has 0 radical (unpaired) electrons. The maximum atomic E-state index is 5.14. The SMILES string of the molecule is c1ccc2c(c1)-c1nc3ccccc3n1B1c3cccc4c5ccccc5c5cccc(c5c34)N12. The second kappa shape index (κ2) is 6.11. The van der Waals surface area contributed by atoms with Gasteiger partial charge in [0.05, 0.1) is 11.0 Å². The Morgan fingerprint density at radius 2 is 1.20 bits per heavy atom. The first-order chi connectivity index (χ1) is 17.4. The van der Waals surface area contributed by atoms with E-state index in [0.29, 0.717) is 0 Å². The van der Waals surface area contributed by atoms with E-state index in [1.54, 1.807) is 0 Å². The minimum Gasteiger partial charge on any atom is -0.360 e. The molecule has 160 valence electrons. The lowest BCUT2D eigenvalue weighted by Crippen LogP contribution is -2.55. The summed E-state index contributed by atoms with van der Waals surface area (Å²) in [6.07, 6.45) is 0. The predicted octanol–water partition coefficient (Wildman–Crippen LogP) is 6.87. The lowest BCUT2D eigenvalue weighted by molar-refractivity contribution is 1.14. The zero-order valence-electron chi connectivity index (χ0n) is 18.8. The Kier molecular flexibility index (Phi) is 3.11. The third-order valence-electron chi connectivity index (χ3n) is 7.92. The van der Waals surface area contributed by atoms with Gasteiger partial charge in [0.25, 0.3) is 0 Å². The van der Waals surface area contributed by atoms with E-state index in [1.807, 2.05) is 0 Å². The van der Waals surface area contributed by atoms with Crippen molar-refractivity contribution in [2.45, 2.75) is 0 Å².